The fraction of sp³-hybridized carbons (Fsp3) is 0.167. The maximum absolute atomic E-state index is 11.4. The van der Waals surface area contributed by atoms with Crippen molar-refractivity contribution in [1.82, 2.24) is 0 Å². The molecule has 1 N–H and O–H groups in total. The molecule has 4 heteroatoms. The molecule has 1 aromatic rings. The molecule has 4 nitrogen and oxygen atoms in total. The van der Waals surface area contributed by atoms with Gasteiger partial charge in [-0.3, -0.25) is 5.41 Å². The predicted molar refractivity (Wildman–Crippen MR) is 58.5 cm³/mol. The molecule has 1 aliphatic rings. The molecule has 0 aromatic heterocycles. The van der Waals surface area contributed by atoms with Crippen LogP contribution < -0.4 is 4.74 Å². The third-order valence-electron chi connectivity index (χ3n) is 2.26. The second-order valence-electron chi connectivity index (χ2n) is 3.58. The van der Waals surface area contributed by atoms with E-state index in [0.29, 0.717) is 23.5 Å². The first-order valence-electron chi connectivity index (χ1n) is 4.81. The molecule has 1 aliphatic heterocycles. The van der Waals surface area contributed by atoms with E-state index in [9.17, 15) is 4.79 Å². The average molecular weight is 217 g/mol. The van der Waals surface area contributed by atoms with Gasteiger partial charge in [-0.05, 0) is 13.0 Å². The Morgan fingerprint density at radius 3 is 3.00 bits per heavy atom. The van der Waals surface area contributed by atoms with Crippen molar-refractivity contribution in [3.8, 4) is 5.75 Å². The van der Waals surface area contributed by atoms with Crippen LogP contribution in [0.3, 0.4) is 0 Å². The van der Waals surface area contributed by atoms with Crippen LogP contribution in [-0.2, 0) is 16.1 Å². The van der Waals surface area contributed by atoms with Gasteiger partial charge in [-0.1, -0.05) is 18.7 Å². The summed E-state index contributed by atoms with van der Waals surface area (Å²) in [6, 6.07) is 5.25. The monoisotopic (exact) mass is 217 g/mol. The number of rotatable bonds is 2. The molecule has 0 amide bonds. The summed E-state index contributed by atoms with van der Waals surface area (Å²) in [5.41, 5.74) is 1.73. The summed E-state index contributed by atoms with van der Waals surface area (Å²) in [5, 5.41) is 7.59. The molecule has 0 saturated carbocycles. The van der Waals surface area contributed by atoms with Crippen molar-refractivity contribution in [1.29, 1.82) is 5.41 Å². The first-order valence-corrected chi connectivity index (χ1v) is 4.81. The van der Waals surface area contributed by atoms with Crippen molar-refractivity contribution < 1.29 is 14.3 Å². The third kappa shape index (κ3) is 1.69. The average Bonchev–Trinajstić information content (AvgIpc) is 2.61. The Kier molecular flexibility index (Phi) is 2.48. The molecule has 0 aliphatic carbocycles. The number of carbonyl (C=O) groups is 1. The van der Waals surface area contributed by atoms with Crippen molar-refractivity contribution >= 4 is 11.9 Å². The minimum absolute atomic E-state index is 0.0418. The van der Waals surface area contributed by atoms with Crippen LogP contribution in [0.5, 0.6) is 5.75 Å². The summed E-state index contributed by atoms with van der Waals surface area (Å²) in [5.74, 6) is -0.0961. The zero-order valence-electron chi connectivity index (χ0n) is 8.87. The Morgan fingerprint density at radius 1 is 1.56 bits per heavy atom. The smallest absolute Gasteiger partial charge is 0.338 e. The lowest BCUT2D eigenvalue weighted by Gasteiger charge is -2.07. The molecule has 0 atom stereocenters. The van der Waals surface area contributed by atoms with E-state index < -0.39 is 5.97 Å². The Bertz CT molecular complexity index is 491. The van der Waals surface area contributed by atoms with Crippen LogP contribution >= 0.6 is 0 Å². The van der Waals surface area contributed by atoms with Gasteiger partial charge in [0.15, 0.2) is 0 Å². The maximum Gasteiger partial charge on any atom is 0.338 e. The molecule has 16 heavy (non-hydrogen) atoms. The van der Waals surface area contributed by atoms with Crippen LogP contribution in [0.1, 0.15) is 18.1 Å². The van der Waals surface area contributed by atoms with Crippen LogP contribution in [0.25, 0.3) is 0 Å². The van der Waals surface area contributed by atoms with Gasteiger partial charge in [-0.2, -0.15) is 0 Å². The third-order valence-corrected chi connectivity index (χ3v) is 2.26. The van der Waals surface area contributed by atoms with E-state index >= 15 is 0 Å². The van der Waals surface area contributed by atoms with Crippen molar-refractivity contribution in [2.75, 3.05) is 0 Å². The van der Waals surface area contributed by atoms with Gasteiger partial charge in [0, 0.05) is 11.1 Å². The Morgan fingerprint density at radius 2 is 2.31 bits per heavy atom. The highest BCUT2D eigenvalue weighted by atomic mass is 16.5. The van der Waals surface area contributed by atoms with Crippen molar-refractivity contribution in [3.63, 3.8) is 0 Å². The second-order valence-corrected chi connectivity index (χ2v) is 3.58. The van der Waals surface area contributed by atoms with E-state index in [2.05, 4.69) is 6.58 Å². The number of fused-ring (bicyclic) bond motifs is 1. The summed E-state index contributed by atoms with van der Waals surface area (Å²) in [4.78, 5) is 11.4. The first-order chi connectivity index (χ1) is 7.59. The highest BCUT2D eigenvalue weighted by Gasteiger charge is 2.23. The Hall–Kier alpha value is -2.10. The molecule has 0 fully saturated rings. The van der Waals surface area contributed by atoms with E-state index in [1.807, 2.05) is 6.07 Å². The second kappa shape index (κ2) is 3.81. The fourth-order valence-electron chi connectivity index (χ4n) is 1.45. The summed E-state index contributed by atoms with van der Waals surface area (Å²) in [6.45, 7) is 5.43. The van der Waals surface area contributed by atoms with Crippen LogP contribution in [0.4, 0.5) is 0 Å². The number of hydrogen-bond acceptors (Lipinski definition) is 4. The molecule has 0 spiro atoms. The number of carbonyl (C=O) groups excluding carboxylic acids is 1. The van der Waals surface area contributed by atoms with Crippen LogP contribution in [-0.4, -0.2) is 11.9 Å². The van der Waals surface area contributed by atoms with Gasteiger partial charge in [-0.25, -0.2) is 4.79 Å². The molecule has 0 unspecified atom stereocenters. The lowest BCUT2D eigenvalue weighted by atomic mass is 10.1. The van der Waals surface area contributed by atoms with Gasteiger partial charge >= 0.3 is 5.97 Å². The summed E-state index contributed by atoms with van der Waals surface area (Å²) < 4.78 is 10.2. The maximum atomic E-state index is 11.4. The SMILES string of the molecule is C=C(C)C(=O)Oc1cccc2c1C(=N)OC2. The Labute approximate surface area is 93.0 Å². The van der Waals surface area contributed by atoms with Crippen LogP contribution in [0.2, 0.25) is 0 Å². The van der Waals surface area contributed by atoms with E-state index in [1.54, 1.807) is 19.1 Å². The van der Waals surface area contributed by atoms with E-state index in [0.717, 1.165) is 5.56 Å². The number of ether oxygens (including phenoxy) is 2. The largest absolute Gasteiger partial charge is 0.473 e. The molecule has 2 rings (SSSR count). The predicted octanol–water partition coefficient (Wildman–Crippen LogP) is 2.02. The van der Waals surface area contributed by atoms with E-state index in [4.69, 9.17) is 14.9 Å². The molecule has 1 heterocycles. The van der Waals surface area contributed by atoms with Gasteiger partial charge in [0.25, 0.3) is 0 Å². The molecule has 0 saturated heterocycles. The summed E-state index contributed by atoms with van der Waals surface area (Å²) in [7, 11) is 0. The summed E-state index contributed by atoms with van der Waals surface area (Å²) >= 11 is 0. The quantitative estimate of drug-likeness (QED) is 0.468. The fourth-order valence-corrected chi connectivity index (χ4v) is 1.45. The standard InChI is InChI=1S/C12H11NO3/c1-7(2)12(14)16-9-5-3-4-8-6-15-11(13)10(8)9/h3-5,13H,1,6H2,2H3. The minimum Gasteiger partial charge on any atom is -0.473 e. The number of benzene rings is 1. The zero-order chi connectivity index (χ0) is 11.7. The number of nitrogens with one attached hydrogen (secondary N) is 1. The summed E-state index contributed by atoms with van der Waals surface area (Å²) in [6.07, 6.45) is 0. The molecule has 1 aromatic carbocycles. The Balaban J connectivity index is 2.36. The lowest BCUT2D eigenvalue weighted by molar-refractivity contribution is -0.130. The van der Waals surface area contributed by atoms with Gasteiger partial charge in [0.05, 0.1) is 5.56 Å². The van der Waals surface area contributed by atoms with Crippen molar-refractivity contribution in [3.05, 3.63) is 41.5 Å². The zero-order valence-corrected chi connectivity index (χ0v) is 8.87. The molecule has 0 bridgehead atoms. The van der Waals surface area contributed by atoms with Gasteiger partial charge in [-0.15, -0.1) is 0 Å². The first kappa shape index (κ1) is 10.4. The van der Waals surface area contributed by atoms with Crippen LogP contribution in [0.15, 0.2) is 30.4 Å². The van der Waals surface area contributed by atoms with Crippen molar-refractivity contribution in [2.24, 2.45) is 0 Å². The molecular weight excluding hydrogens is 206 g/mol. The topological polar surface area (TPSA) is 59.4 Å². The molecule has 82 valence electrons. The molecular formula is C12H11NO3. The number of hydrogen-bond donors (Lipinski definition) is 1. The van der Waals surface area contributed by atoms with Crippen LogP contribution in [0, 0.1) is 5.41 Å². The van der Waals surface area contributed by atoms with Crippen molar-refractivity contribution in [2.45, 2.75) is 13.5 Å². The van der Waals surface area contributed by atoms with Gasteiger partial charge in [0.2, 0.25) is 5.90 Å². The lowest BCUT2D eigenvalue weighted by Crippen LogP contribution is -2.10. The highest BCUT2D eigenvalue weighted by molar-refractivity contribution is 5.99. The van der Waals surface area contributed by atoms with E-state index in [-0.39, 0.29) is 5.90 Å². The minimum atomic E-state index is -0.492. The number of esters is 1. The molecule has 0 radical (unpaired) electrons. The van der Waals surface area contributed by atoms with Gasteiger partial charge < -0.3 is 9.47 Å². The van der Waals surface area contributed by atoms with E-state index in [1.165, 1.54) is 0 Å². The highest BCUT2D eigenvalue weighted by Crippen LogP contribution is 2.29. The van der Waals surface area contributed by atoms with Gasteiger partial charge in [0.1, 0.15) is 12.4 Å². The normalized spacial score (nSPS) is 12.9.